The molecule has 0 fully saturated rings. The van der Waals surface area contributed by atoms with Gasteiger partial charge in [0.25, 0.3) is 0 Å². The smallest absolute Gasteiger partial charge is 0.269 e. The van der Waals surface area contributed by atoms with Crippen LogP contribution in [0.2, 0.25) is 15.1 Å². The van der Waals surface area contributed by atoms with E-state index in [9.17, 15) is 9.59 Å². The summed E-state index contributed by atoms with van der Waals surface area (Å²) in [5.41, 5.74) is 2.13. The number of carbonyl (C=O) groups excluding carboxylic acids is 2. The average Bonchev–Trinajstić information content (AvgIpc) is 2.72. The van der Waals surface area contributed by atoms with E-state index in [4.69, 9.17) is 34.8 Å². The second-order valence-corrected chi connectivity index (χ2v) is 7.90. The predicted octanol–water partition coefficient (Wildman–Crippen LogP) is 4.77. The van der Waals surface area contributed by atoms with Crippen molar-refractivity contribution < 1.29 is 14.2 Å². The molecule has 0 radical (unpaired) electrons. The summed E-state index contributed by atoms with van der Waals surface area (Å²) in [6, 6.07) is 11.0. The molecular weight excluding hydrogens is 433 g/mol. The van der Waals surface area contributed by atoms with E-state index in [1.165, 1.54) is 4.90 Å². The van der Waals surface area contributed by atoms with E-state index >= 15 is 0 Å². The van der Waals surface area contributed by atoms with Crippen LogP contribution >= 0.6 is 34.8 Å². The molecule has 5 nitrogen and oxygen atoms in total. The first-order valence-electron chi connectivity index (χ1n) is 8.82. The highest BCUT2D eigenvalue weighted by molar-refractivity contribution is 6.42. The normalized spacial score (nSPS) is 18.4. The average molecular weight is 448 g/mol. The van der Waals surface area contributed by atoms with E-state index in [1.807, 2.05) is 0 Å². The van der Waals surface area contributed by atoms with Gasteiger partial charge in [-0.25, -0.2) is 4.79 Å². The number of allylic oxidation sites excluding steroid dienone is 1. The number of urea groups is 1. The van der Waals surface area contributed by atoms with Crippen LogP contribution in [0.1, 0.15) is 11.1 Å². The van der Waals surface area contributed by atoms with Crippen LogP contribution < -0.4 is 0 Å². The van der Waals surface area contributed by atoms with Crippen LogP contribution in [0.25, 0.3) is 0 Å². The number of hydrogen-bond donors (Lipinski definition) is 0. The van der Waals surface area contributed by atoms with Crippen molar-refractivity contribution in [2.75, 3.05) is 0 Å². The molecule has 2 heterocycles. The molecule has 1 atom stereocenters. The lowest BCUT2D eigenvalue weighted by atomic mass is 10.0. The molecule has 0 aromatic heterocycles. The van der Waals surface area contributed by atoms with Crippen molar-refractivity contribution in [3.63, 3.8) is 0 Å². The molecule has 3 amide bonds. The minimum absolute atomic E-state index is 0.135. The van der Waals surface area contributed by atoms with E-state index in [0.717, 1.165) is 11.1 Å². The number of aliphatic imine (C=N–C) groups is 1. The predicted molar refractivity (Wildman–Crippen MR) is 114 cm³/mol. The number of halogens is 3. The summed E-state index contributed by atoms with van der Waals surface area (Å²) in [4.78, 5) is 31.7. The quantitative estimate of drug-likeness (QED) is 0.634. The van der Waals surface area contributed by atoms with Crippen LogP contribution in [0.4, 0.5) is 4.79 Å². The number of rotatable bonds is 4. The molecule has 2 aromatic rings. The van der Waals surface area contributed by atoms with Gasteiger partial charge >= 0.3 is 11.9 Å². The number of fused-ring (bicyclic) bond motifs is 1. The maximum atomic E-state index is 13.3. The number of hydrogen-bond acceptors (Lipinski definition) is 3. The first-order chi connectivity index (χ1) is 13.9. The minimum Gasteiger partial charge on any atom is -0.269 e. The van der Waals surface area contributed by atoms with Gasteiger partial charge in [0.05, 0.1) is 10.0 Å². The molecule has 0 bridgehead atoms. The summed E-state index contributed by atoms with van der Waals surface area (Å²) >= 11 is 18.1. The molecule has 0 saturated carbocycles. The number of amides is 3. The first-order valence-corrected chi connectivity index (χ1v) is 9.95. The molecule has 29 heavy (non-hydrogen) atoms. The number of carbonyl (C=O) groups is 2. The van der Waals surface area contributed by atoms with Crippen molar-refractivity contribution in [3.05, 3.63) is 80.8 Å². The van der Waals surface area contributed by atoms with Gasteiger partial charge in [-0.15, -0.1) is 0 Å². The largest absolute Gasteiger partial charge is 0.501 e. The molecular formula is C21H15Cl3N3O2+. The zero-order valence-electron chi connectivity index (χ0n) is 15.1. The van der Waals surface area contributed by atoms with Crippen molar-refractivity contribution in [2.45, 2.75) is 19.1 Å². The van der Waals surface area contributed by atoms with Crippen molar-refractivity contribution >= 4 is 58.7 Å². The Morgan fingerprint density at radius 3 is 2.41 bits per heavy atom. The van der Waals surface area contributed by atoms with Crippen molar-refractivity contribution in [1.82, 2.24) is 4.90 Å². The lowest BCUT2D eigenvalue weighted by Gasteiger charge is -2.26. The number of nitrogens with zero attached hydrogens (tertiary/aromatic N) is 3. The van der Waals surface area contributed by atoms with E-state index < -0.39 is 12.1 Å². The standard InChI is InChI=1S/C21H15Cl3N3O2/c22-15-6-3-13(4-7-15)11-27-20(28)19-18(2-1-9-25-19)26(21(27)29)12-14-5-8-16(23)17(24)10-14/h1-10,19H,11-12H2/q+1. The lowest BCUT2D eigenvalue weighted by molar-refractivity contribution is -0.455. The fraction of sp³-hybridized carbons (Fsp3) is 0.143. The molecule has 4 rings (SSSR count). The van der Waals surface area contributed by atoms with Gasteiger partial charge in [0.1, 0.15) is 18.8 Å². The zero-order valence-corrected chi connectivity index (χ0v) is 17.3. The summed E-state index contributed by atoms with van der Waals surface area (Å²) in [7, 11) is 0. The second-order valence-electron chi connectivity index (χ2n) is 6.65. The van der Waals surface area contributed by atoms with Gasteiger partial charge in [0, 0.05) is 11.2 Å². The van der Waals surface area contributed by atoms with Gasteiger partial charge in [-0.3, -0.25) is 4.99 Å². The number of imide groups is 1. The van der Waals surface area contributed by atoms with Gasteiger partial charge < -0.3 is 0 Å². The van der Waals surface area contributed by atoms with Crippen LogP contribution in [-0.2, 0) is 17.9 Å². The zero-order chi connectivity index (χ0) is 20.5. The van der Waals surface area contributed by atoms with Crippen LogP contribution in [0.3, 0.4) is 0 Å². The van der Waals surface area contributed by atoms with E-state index in [-0.39, 0.29) is 19.0 Å². The molecule has 1 unspecified atom stereocenters. The van der Waals surface area contributed by atoms with Crippen LogP contribution in [0, 0.1) is 0 Å². The van der Waals surface area contributed by atoms with E-state index in [0.29, 0.717) is 20.8 Å². The third-order valence-electron chi connectivity index (χ3n) is 4.72. The fourth-order valence-electron chi connectivity index (χ4n) is 3.27. The van der Waals surface area contributed by atoms with Crippen LogP contribution in [0.5, 0.6) is 0 Å². The highest BCUT2D eigenvalue weighted by atomic mass is 35.5. The Morgan fingerprint density at radius 1 is 0.966 bits per heavy atom. The van der Waals surface area contributed by atoms with Crippen molar-refractivity contribution in [1.29, 1.82) is 0 Å². The summed E-state index contributed by atoms with van der Waals surface area (Å²) < 4.78 is 1.55. The maximum Gasteiger partial charge on any atom is 0.501 e. The van der Waals surface area contributed by atoms with Gasteiger partial charge in [-0.2, -0.15) is 14.3 Å². The third kappa shape index (κ3) is 3.99. The Kier molecular flexibility index (Phi) is 5.54. The Balaban J connectivity index is 1.71. The Morgan fingerprint density at radius 2 is 1.69 bits per heavy atom. The van der Waals surface area contributed by atoms with Crippen molar-refractivity contribution in [2.24, 2.45) is 4.99 Å². The van der Waals surface area contributed by atoms with Gasteiger partial charge in [-0.05, 0) is 47.5 Å². The van der Waals surface area contributed by atoms with Crippen molar-refractivity contribution in [3.8, 4) is 0 Å². The number of benzene rings is 2. The SMILES string of the molecule is O=C1C2N=CC=CC2=[N+](Cc2ccc(Cl)c(Cl)c2)C(=O)N1Cc1ccc(Cl)cc1. The summed E-state index contributed by atoms with van der Waals surface area (Å²) in [6.45, 7) is 0.377. The molecule has 2 aromatic carbocycles. The van der Waals surface area contributed by atoms with Gasteiger partial charge in [-0.1, -0.05) is 53.0 Å². The highest BCUT2D eigenvalue weighted by Gasteiger charge is 2.47. The van der Waals surface area contributed by atoms with Gasteiger partial charge in [0.2, 0.25) is 6.04 Å². The van der Waals surface area contributed by atoms with Gasteiger partial charge in [0.15, 0.2) is 0 Å². The lowest BCUT2D eigenvalue weighted by Crippen LogP contribution is -2.56. The Labute approximate surface area is 182 Å². The second kappa shape index (κ2) is 8.11. The third-order valence-corrected chi connectivity index (χ3v) is 5.71. The molecule has 2 aliphatic rings. The summed E-state index contributed by atoms with van der Waals surface area (Å²) in [5, 5.41) is 1.43. The van der Waals surface area contributed by atoms with E-state index in [1.54, 1.807) is 65.4 Å². The monoisotopic (exact) mass is 446 g/mol. The van der Waals surface area contributed by atoms with E-state index in [2.05, 4.69) is 4.99 Å². The Bertz CT molecular complexity index is 1090. The first kappa shape index (κ1) is 19.8. The molecule has 2 aliphatic heterocycles. The summed E-state index contributed by atoms with van der Waals surface area (Å²) in [5.74, 6) is -0.356. The summed E-state index contributed by atoms with van der Waals surface area (Å²) in [6.07, 6.45) is 5.02. The Hall–Kier alpha value is -2.47. The molecule has 0 N–H and O–H groups in total. The molecule has 146 valence electrons. The number of dihydropyridines is 1. The highest BCUT2D eigenvalue weighted by Crippen LogP contribution is 2.25. The maximum absolute atomic E-state index is 13.3. The molecule has 0 spiro atoms. The fourth-order valence-corrected chi connectivity index (χ4v) is 3.71. The molecule has 0 aliphatic carbocycles. The molecule has 0 saturated heterocycles. The van der Waals surface area contributed by atoms with Crippen LogP contribution in [0.15, 0.2) is 59.6 Å². The topological polar surface area (TPSA) is 52.8 Å². The minimum atomic E-state index is -0.757. The molecule has 8 heteroatoms. The van der Waals surface area contributed by atoms with Crippen LogP contribution in [-0.4, -0.2) is 39.4 Å².